The van der Waals surface area contributed by atoms with Crippen LogP contribution < -0.4 is 5.32 Å². The number of amides is 1. The summed E-state index contributed by atoms with van der Waals surface area (Å²) in [5.74, 6) is -1.68. The molecular formula is C16H10Cl3NO3. The molecule has 2 rings (SSSR count). The highest BCUT2D eigenvalue weighted by atomic mass is 35.5. The van der Waals surface area contributed by atoms with Gasteiger partial charge in [0, 0.05) is 21.1 Å². The van der Waals surface area contributed by atoms with Crippen molar-refractivity contribution in [3.63, 3.8) is 0 Å². The third-order valence-corrected chi connectivity index (χ3v) is 3.64. The van der Waals surface area contributed by atoms with Crippen molar-refractivity contribution >= 4 is 58.4 Å². The van der Waals surface area contributed by atoms with E-state index < -0.39 is 11.9 Å². The Morgan fingerprint density at radius 1 is 1.00 bits per heavy atom. The number of carboxylic acid groups (broad SMARTS) is 1. The second-order valence-corrected chi connectivity index (χ2v) is 5.76. The van der Waals surface area contributed by atoms with Crippen LogP contribution in [0.5, 0.6) is 0 Å². The second-order valence-electron chi connectivity index (χ2n) is 4.48. The fraction of sp³-hybridized carbons (Fsp3) is 0. The Morgan fingerprint density at radius 3 is 2.30 bits per heavy atom. The van der Waals surface area contributed by atoms with Crippen molar-refractivity contribution in [1.82, 2.24) is 0 Å². The summed E-state index contributed by atoms with van der Waals surface area (Å²) in [7, 11) is 0. The Balaban J connectivity index is 2.18. The maximum atomic E-state index is 11.9. The van der Waals surface area contributed by atoms with Gasteiger partial charge in [0.1, 0.15) is 0 Å². The van der Waals surface area contributed by atoms with Crippen LogP contribution in [0.3, 0.4) is 0 Å². The van der Waals surface area contributed by atoms with E-state index in [1.54, 1.807) is 18.2 Å². The Hall–Kier alpha value is -2.01. The molecule has 0 bridgehead atoms. The SMILES string of the molecule is O=C(C=Cc1ccc(Cl)cc1Cl)Nc1cc(Cl)ccc1C(=O)O. The molecule has 4 nitrogen and oxygen atoms in total. The predicted molar refractivity (Wildman–Crippen MR) is 92.5 cm³/mol. The number of hydrogen-bond acceptors (Lipinski definition) is 2. The zero-order valence-corrected chi connectivity index (χ0v) is 13.8. The summed E-state index contributed by atoms with van der Waals surface area (Å²) in [6.45, 7) is 0. The Labute approximate surface area is 147 Å². The zero-order valence-electron chi connectivity index (χ0n) is 11.5. The van der Waals surface area contributed by atoms with Crippen molar-refractivity contribution in [2.75, 3.05) is 5.32 Å². The van der Waals surface area contributed by atoms with Gasteiger partial charge < -0.3 is 10.4 Å². The topological polar surface area (TPSA) is 66.4 Å². The van der Waals surface area contributed by atoms with Crippen LogP contribution in [0.15, 0.2) is 42.5 Å². The van der Waals surface area contributed by atoms with Crippen LogP contribution in [0, 0.1) is 0 Å². The molecule has 0 heterocycles. The summed E-state index contributed by atoms with van der Waals surface area (Å²) in [6.07, 6.45) is 2.74. The van der Waals surface area contributed by atoms with Crippen LogP contribution in [-0.2, 0) is 4.79 Å². The van der Waals surface area contributed by atoms with Crippen LogP contribution >= 0.6 is 34.8 Å². The summed E-state index contributed by atoms with van der Waals surface area (Å²) in [5, 5.41) is 12.8. The molecular weight excluding hydrogens is 361 g/mol. The average molecular weight is 371 g/mol. The molecule has 2 aromatic carbocycles. The first-order valence-electron chi connectivity index (χ1n) is 6.34. The highest BCUT2D eigenvalue weighted by molar-refractivity contribution is 6.35. The van der Waals surface area contributed by atoms with Crippen molar-refractivity contribution in [1.29, 1.82) is 0 Å². The summed E-state index contributed by atoms with van der Waals surface area (Å²) in [6, 6.07) is 8.98. The van der Waals surface area contributed by atoms with Crippen molar-refractivity contribution in [3.8, 4) is 0 Å². The van der Waals surface area contributed by atoms with Gasteiger partial charge in [-0.2, -0.15) is 0 Å². The first-order valence-corrected chi connectivity index (χ1v) is 7.47. The number of carboxylic acids is 1. The maximum Gasteiger partial charge on any atom is 0.337 e. The number of nitrogens with one attached hydrogen (secondary N) is 1. The van der Waals surface area contributed by atoms with Gasteiger partial charge in [-0.3, -0.25) is 4.79 Å². The number of benzene rings is 2. The summed E-state index contributed by atoms with van der Waals surface area (Å²) in [4.78, 5) is 23.1. The number of anilines is 1. The van der Waals surface area contributed by atoms with E-state index >= 15 is 0 Å². The molecule has 2 N–H and O–H groups in total. The third-order valence-electron chi connectivity index (χ3n) is 2.85. The van der Waals surface area contributed by atoms with Gasteiger partial charge in [-0.25, -0.2) is 4.79 Å². The van der Waals surface area contributed by atoms with Crippen LogP contribution in [0.2, 0.25) is 15.1 Å². The van der Waals surface area contributed by atoms with Crippen molar-refractivity contribution in [2.24, 2.45) is 0 Å². The van der Waals surface area contributed by atoms with Crippen molar-refractivity contribution < 1.29 is 14.7 Å². The van der Waals surface area contributed by atoms with E-state index in [0.29, 0.717) is 20.6 Å². The van der Waals surface area contributed by atoms with Crippen molar-refractivity contribution in [2.45, 2.75) is 0 Å². The van der Waals surface area contributed by atoms with Crippen molar-refractivity contribution in [3.05, 3.63) is 68.7 Å². The van der Waals surface area contributed by atoms with Gasteiger partial charge in [-0.15, -0.1) is 0 Å². The molecule has 0 radical (unpaired) electrons. The van der Waals surface area contributed by atoms with Crippen LogP contribution in [0.4, 0.5) is 5.69 Å². The first-order chi connectivity index (χ1) is 10.9. The molecule has 0 unspecified atom stereocenters. The molecule has 23 heavy (non-hydrogen) atoms. The zero-order chi connectivity index (χ0) is 17.0. The molecule has 1 amide bonds. The molecule has 0 saturated carbocycles. The normalized spacial score (nSPS) is 10.7. The van der Waals surface area contributed by atoms with E-state index in [2.05, 4.69) is 5.32 Å². The number of rotatable bonds is 4. The van der Waals surface area contributed by atoms with E-state index in [9.17, 15) is 9.59 Å². The van der Waals surface area contributed by atoms with Gasteiger partial charge >= 0.3 is 5.97 Å². The minimum atomic E-state index is -1.17. The number of aromatic carboxylic acids is 1. The van der Waals surface area contributed by atoms with E-state index in [1.165, 1.54) is 30.4 Å². The number of carbonyl (C=O) groups excluding carboxylic acids is 1. The standard InChI is InChI=1S/C16H10Cl3NO3/c17-10-3-1-9(13(19)7-10)2-6-15(21)20-14-8-11(18)4-5-12(14)16(22)23/h1-8H,(H,20,21)(H,22,23). The lowest BCUT2D eigenvalue weighted by Crippen LogP contribution is -2.12. The highest BCUT2D eigenvalue weighted by Gasteiger charge is 2.12. The Bertz CT molecular complexity index is 803. The Morgan fingerprint density at radius 2 is 1.65 bits per heavy atom. The minimum Gasteiger partial charge on any atom is -0.478 e. The summed E-state index contributed by atoms with van der Waals surface area (Å²) >= 11 is 17.6. The fourth-order valence-electron chi connectivity index (χ4n) is 1.78. The smallest absolute Gasteiger partial charge is 0.337 e. The summed E-state index contributed by atoms with van der Waals surface area (Å²) in [5.41, 5.74) is 0.665. The van der Waals surface area contributed by atoms with Gasteiger partial charge in [0.25, 0.3) is 0 Å². The molecule has 0 spiro atoms. The fourth-order valence-corrected chi connectivity index (χ4v) is 2.43. The monoisotopic (exact) mass is 369 g/mol. The van der Waals surface area contributed by atoms with E-state index in [1.807, 2.05) is 0 Å². The summed E-state index contributed by atoms with van der Waals surface area (Å²) < 4.78 is 0. The molecule has 0 aromatic heterocycles. The van der Waals surface area contributed by atoms with Crippen LogP contribution in [0.25, 0.3) is 6.08 Å². The third kappa shape index (κ3) is 4.73. The van der Waals surface area contributed by atoms with Gasteiger partial charge in [-0.05, 0) is 42.0 Å². The van der Waals surface area contributed by atoms with Gasteiger partial charge in [0.05, 0.1) is 11.3 Å². The highest BCUT2D eigenvalue weighted by Crippen LogP contribution is 2.23. The van der Waals surface area contributed by atoms with Gasteiger partial charge in [0.2, 0.25) is 5.91 Å². The first kappa shape index (κ1) is 17.3. The molecule has 118 valence electrons. The molecule has 0 fully saturated rings. The molecule has 2 aromatic rings. The number of hydrogen-bond donors (Lipinski definition) is 2. The lowest BCUT2D eigenvalue weighted by Gasteiger charge is -2.07. The Kier molecular flexibility index (Phi) is 5.66. The van der Waals surface area contributed by atoms with Gasteiger partial charge in [0.15, 0.2) is 0 Å². The maximum absolute atomic E-state index is 11.9. The molecule has 0 aliphatic heterocycles. The average Bonchev–Trinajstić information content (AvgIpc) is 2.46. The van der Waals surface area contributed by atoms with Gasteiger partial charge in [-0.1, -0.05) is 40.9 Å². The quantitative estimate of drug-likeness (QED) is 0.745. The van der Waals surface area contributed by atoms with E-state index in [4.69, 9.17) is 39.9 Å². The lowest BCUT2D eigenvalue weighted by molar-refractivity contribution is -0.111. The minimum absolute atomic E-state index is 0.0549. The molecule has 0 aliphatic rings. The molecule has 7 heteroatoms. The largest absolute Gasteiger partial charge is 0.478 e. The molecule has 0 atom stereocenters. The lowest BCUT2D eigenvalue weighted by atomic mass is 10.1. The van der Waals surface area contributed by atoms with Crippen LogP contribution in [0.1, 0.15) is 15.9 Å². The molecule has 0 saturated heterocycles. The van der Waals surface area contributed by atoms with Crippen LogP contribution in [-0.4, -0.2) is 17.0 Å². The molecule has 0 aliphatic carbocycles. The second kappa shape index (κ2) is 7.51. The predicted octanol–water partition coefficient (Wildman–Crippen LogP) is 5.00. The van der Waals surface area contributed by atoms with E-state index in [-0.39, 0.29) is 11.3 Å². The van der Waals surface area contributed by atoms with E-state index in [0.717, 1.165) is 0 Å². The number of halogens is 3. The number of carbonyl (C=O) groups is 2.